The molecule has 3 aliphatic carbocycles. The topological polar surface area (TPSA) is 0 Å². The molecule has 0 saturated heterocycles. The van der Waals surface area contributed by atoms with Crippen molar-refractivity contribution in [1.82, 2.24) is 0 Å². The normalized spacial score (nSPS) is 14.8. The summed E-state index contributed by atoms with van der Waals surface area (Å²) >= 11 is 0. The third-order valence-electron chi connectivity index (χ3n) is 13.8. The Morgan fingerprint density at radius 3 is 1.27 bits per heavy atom. The zero-order chi connectivity index (χ0) is 39.3. The van der Waals surface area contributed by atoms with E-state index >= 15 is 0 Å². The quantitative estimate of drug-likeness (QED) is 0.154. The molecule has 0 bridgehead atoms. The summed E-state index contributed by atoms with van der Waals surface area (Å²) < 4.78 is 0. The number of hydrogen-bond donors (Lipinski definition) is 0. The fourth-order valence-electron chi connectivity index (χ4n) is 11.1. The summed E-state index contributed by atoms with van der Waals surface area (Å²) in [7, 11) is 0. The maximum atomic E-state index is 2.53. The minimum Gasteiger partial charge on any atom is -0.0622 e. The summed E-state index contributed by atoms with van der Waals surface area (Å²) in [5.41, 5.74) is 24.7. The van der Waals surface area contributed by atoms with E-state index in [1.165, 1.54) is 106 Å². The van der Waals surface area contributed by atoms with Crippen LogP contribution >= 0.6 is 0 Å². The van der Waals surface area contributed by atoms with Crippen LogP contribution in [-0.2, 0) is 10.8 Å². The molecule has 0 radical (unpaired) electrons. The molecule has 1 atom stereocenters. The molecule has 0 aromatic heterocycles. The molecule has 0 heterocycles. The maximum Gasteiger partial charge on any atom is 0.0725 e. The molecule has 0 aliphatic heterocycles. The highest BCUT2D eigenvalue weighted by atomic mass is 14.5. The fourth-order valence-corrected chi connectivity index (χ4v) is 11.1. The van der Waals surface area contributed by atoms with E-state index < -0.39 is 0 Å². The monoisotopic (exact) mass is 750 g/mol. The highest BCUT2D eigenvalue weighted by molar-refractivity contribution is 5.95. The first-order valence-corrected chi connectivity index (χ1v) is 21.0. The molecule has 0 N–H and O–H groups in total. The second-order valence-electron chi connectivity index (χ2n) is 17.2. The van der Waals surface area contributed by atoms with E-state index in [-0.39, 0.29) is 16.7 Å². The van der Waals surface area contributed by atoms with Crippen LogP contribution < -0.4 is 0 Å². The van der Waals surface area contributed by atoms with Crippen LogP contribution in [0.5, 0.6) is 0 Å². The molecule has 0 amide bonds. The summed E-state index contributed by atoms with van der Waals surface area (Å²) in [4.78, 5) is 0. The van der Waals surface area contributed by atoms with Crippen LogP contribution in [0.2, 0.25) is 0 Å². The fraction of sp³-hybridized carbons (Fsp3) is 0.0847. The lowest BCUT2D eigenvalue weighted by Gasteiger charge is -2.30. The third kappa shape index (κ3) is 4.84. The van der Waals surface area contributed by atoms with Crippen LogP contribution in [-0.4, -0.2) is 0 Å². The molecule has 0 fully saturated rings. The Balaban J connectivity index is 1.04. The van der Waals surface area contributed by atoms with Crippen molar-refractivity contribution >= 4 is 0 Å². The minimum absolute atomic E-state index is 0.0293. The summed E-state index contributed by atoms with van der Waals surface area (Å²) in [6, 6.07) is 79.9. The number of rotatable bonds is 5. The highest BCUT2D eigenvalue weighted by Crippen LogP contribution is 2.63. The van der Waals surface area contributed by atoms with Gasteiger partial charge in [0, 0.05) is 11.3 Å². The second kappa shape index (κ2) is 12.7. The summed E-state index contributed by atoms with van der Waals surface area (Å²) in [5, 5.41) is 0. The summed E-state index contributed by atoms with van der Waals surface area (Å²) in [6.45, 7) is 4.81. The zero-order valence-electron chi connectivity index (χ0n) is 33.3. The van der Waals surface area contributed by atoms with Crippen LogP contribution in [0, 0.1) is 0 Å². The lowest BCUT2D eigenvalue weighted by atomic mass is 9.70. The van der Waals surface area contributed by atoms with Gasteiger partial charge in [-0.05, 0) is 118 Å². The average molecular weight is 751 g/mol. The van der Waals surface area contributed by atoms with E-state index in [2.05, 4.69) is 226 Å². The second-order valence-corrected chi connectivity index (χ2v) is 17.2. The highest BCUT2D eigenvalue weighted by Gasteiger charge is 2.51. The van der Waals surface area contributed by atoms with Gasteiger partial charge in [-0.15, -0.1) is 0 Å². The predicted molar refractivity (Wildman–Crippen MR) is 245 cm³/mol. The van der Waals surface area contributed by atoms with Gasteiger partial charge in [-0.25, -0.2) is 0 Å². The van der Waals surface area contributed by atoms with Crippen molar-refractivity contribution in [1.29, 1.82) is 0 Å². The van der Waals surface area contributed by atoms with E-state index in [0.717, 1.165) is 0 Å². The first-order chi connectivity index (χ1) is 29.0. The van der Waals surface area contributed by atoms with Crippen molar-refractivity contribution in [3.8, 4) is 55.6 Å². The number of hydrogen-bond acceptors (Lipinski definition) is 0. The molecule has 12 rings (SSSR count). The molecule has 0 saturated carbocycles. The Morgan fingerprint density at radius 2 is 0.661 bits per heavy atom. The van der Waals surface area contributed by atoms with E-state index in [9.17, 15) is 0 Å². The first-order valence-electron chi connectivity index (χ1n) is 21.0. The molecule has 1 unspecified atom stereocenters. The lowest BCUT2D eigenvalue weighted by molar-refractivity contribution is 0.659. The average Bonchev–Trinajstić information content (AvgIpc) is 3.85. The molecular weight excluding hydrogens is 709 g/mol. The standard InChI is InChI=1S/C59H42/c1-58(2)55-36-42(39-17-7-4-8-18-39)29-32-48(55)49-33-30-44(37-56(49)58)57(41-27-25-40(26-28-41)38-15-5-3-6-16-38)43-31-34-54-50(35-43)47-21-11-14-24-53(47)59(54)51-22-12-9-19-45(51)46-20-10-13-23-52(46)59/h3-37,57H,1-2H3. The van der Waals surface area contributed by atoms with Crippen molar-refractivity contribution in [2.24, 2.45) is 0 Å². The van der Waals surface area contributed by atoms with Crippen LogP contribution in [0.1, 0.15) is 69.8 Å². The summed E-state index contributed by atoms with van der Waals surface area (Å²) in [5.74, 6) is 0.0293. The van der Waals surface area contributed by atoms with Crippen molar-refractivity contribution < 1.29 is 0 Å². The first kappa shape index (κ1) is 34.1. The van der Waals surface area contributed by atoms with Crippen molar-refractivity contribution in [3.05, 3.63) is 262 Å². The minimum atomic E-state index is -0.355. The Hall–Kier alpha value is -7.02. The molecule has 0 heteroatoms. The SMILES string of the molecule is CC1(C)c2cc(-c3ccccc3)ccc2-c2ccc(C(c3ccc(-c4ccccc4)cc3)c3ccc4c(c3)-c3ccccc3C43c4ccccc4-c4ccccc43)cc21. The van der Waals surface area contributed by atoms with Gasteiger partial charge in [-0.3, -0.25) is 0 Å². The molecule has 59 heavy (non-hydrogen) atoms. The smallest absolute Gasteiger partial charge is 0.0622 e. The van der Waals surface area contributed by atoms with Gasteiger partial charge in [0.25, 0.3) is 0 Å². The maximum absolute atomic E-state index is 2.53. The molecular formula is C59H42. The van der Waals surface area contributed by atoms with Crippen LogP contribution in [0.15, 0.2) is 212 Å². The Labute approximate surface area is 347 Å². The van der Waals surface area contributed by atoms with Crippen LogP contribution in [0.4, 0.5) is 0 Å². The summed E-state index contributed by atoms with van der Waals surface area (Å²) in [6.07, 6.45) is 0. The van der Waals surface area contributed by atoms with E-state index in [1.54, 1.807) is 0 Å². The molecule has 0 nitrogen and oxygen atoms in total. The van der Waals surface area contributed by atoms with Gasteiger partial charge in [0.15, 0.2) is 0 Å². The van der Waals surface area contributed by atoms with Gasteiger partial charge in [0.05, 0.1) is 5.41 Å². The van der Waals surface area contributed by atoms with Gasteiger partial charge in [0.2, 0.25) is 0 Å². The molecule has 278 valence electrons. The number of benzene rings is 9. The molecule has 3 aliphatic rings. The number of fused-ring (bicyclic) bond motifs is 13. The third-order valence-corrected chi connectivity index (χ3v) is 13.8. The van der Waals surface area contributed by atoms with Crippen molar-refractivity contribution in [2.75, 3.05) is 0 Å². The molecule has 9 aromatic rings. The Morgan fingerprint density at radius 1 is 0.271 bits per heavy atom. The predicted octanol–water partition coefficient (Wildman–Crippen LogP) is 14.9. The van der Waals surface area contributed by atoms with Crippen molar-refractivity contribution in [2.45, 2.75) is 30.6 Å². The van der Waals surface area contributed by atoms with E-state index in [4.69, 9.17) is 0 Å². The van der Waals surface area contributed by atoms with Crippen molar-refractivity contribution in [3.63, 3.8) is 0 Å². The zero-order valence-corrected chi connectivity index (χ0v) is 33.3. The van der Waals surface area contributed by atoms with Gasteiger partial charge < -0.3 is 0 Å². The van der Waals surface area contributed by atoms with Crippen LogP contribution in [0.25, 0.3) is 55.6 Å². The van der Waals surface area contributed by atoms with Gasteiger partial charge in [-0.1, -0.05) is 214 Å². The Kier molecular flexibility index (Phi) is 7.35. The van der Waals surface area contributed by atoms with E-state index in [0.29, 0.717) is 0 Å². The van der Waals surface area contributed by atoms with Gasteiger partial charge in [0.1, 0.15) is 0 Å². The molecule has 1 spiro atoms. The van der Waals surface area contributed by atoms with Gasteiger partial charge >= 0.3 is 0 Å². The largest absolute Gasteiger partial charge is 0.0725 e. The lowest BCUT2D eigenvalue weighted by Crippen LogP contribution is -2.25. The molecule has 9 aromatic carbocycles. The van der Waals surface area contributed by atoms with E-state index in [1.807, 2.05) is 0 Å². The van der Waals surface area contributed by atoms with Crippen LogP contribution in [0.3, 0.4) is 0 Å². The van der Waals surface area contributed by atoms with Gasteiger partial charge in [-0.2, -0.15) is 0 Å². The Bertz CT molecular complexity index is 3060.